The zero-order chi connectivity index (χ0) is 14.2. The lowest BCUT2D eigenvalue weighted by molar-refractivity contribution is 0.111. The van der Waals surface area contributed by atoms with Crippen LogP contribution in [0.5, 0.6) is 5.88 Å². The summed E-state index contributed by atoms with van der Waals surface area (Å²) >= 11 is 0. The van der Waals surface area contributed by atoms with Crippen molar-refractivity contribution in [3.63, 3.8) is 0 Å². The number of rotatable bonds is 4. The van der Waals surface area contributed by atoms with E-state index in [-0.39, 0.29) is 29.0 Å². The smallest absolute Gasteiger partial charge is 0.268 e. The molecule has 0 atom stereocenters. The van der Waals surface area contributed by atoms with Gasteiger partial charge in [0.05, 0.1) is 11.8 Å². The zero-order valence-electron chi connectivity index (χ0n) is 10.5. The summed E-state index contributed by atoms with van der Waals surface area (Å²) in [5, 5.41) is 13.7. The Morgan fingerprint density at radius 3 is 2.58 bits per heavy atom. The van der Waals surface area contributed by atoms with Crippen LogP contribution in [0, 0.1) is 5.92 Å². The topological polar surface area (TPSA) is 93.7 Å². The summed E-state index contributed by atoms with van der Waals surface area (Å²) in [6.07, 6.45) is 2.09. The summed E-state index contributed by atoms with van der Waals surface area (Å²) in [6, 6.07) is 0. The molecule has 7 heteroatoms. The summed E-state index contributed by atoms with van der Waals surface area (Å²) in [5.41, 5.74) is -0.617. The van der Waals surface area contributed by atoms with E-state index in [4.69, 9.17) is 0 Å². The summed E-state index contributed by atoms with van der Waals surface area (Å²) < 4.78 is 2.31. The minimum absolute atomic E-state index is 0.125. The molecule has 1 N–H and O–H groups in total. The van der Waals surface area contributed by atoms with Crippen molar-refractivity contribution in [2.75, 3.05) is 0 Å². The fourth-order valence-electron chi connectivity index (χ4n) is 1.95. The fraction of sp³-hybridized carbons (Fsp3) is 0.333. The van der Waals surface area contributed by atoms with Gasteiger partial charge in [0.25, 0.3) is 5.56 Å². The van der Waals surface area contributed by atoms with Crippen LogP contribution in [0.2, 0.25) is 0 Å². The van der Waals surface area contributed by atoms with E-state index in [9.17, 15) is 19.5 Å². The predicted octanol–water partition coefficient (Wildman–Crippen LogP) is 0.483. The van der Waals surface area contributed by atoms with Crippen LogP contribution < -0.4 is 5.56 Å². The molecule has 0 unspecified atom stereocenters. The molecule has 100 valence electrons. The molecule has 0 aliphatic rings. The number of hydrogen-bond donors (Lipinski definition) is 1. The molecule has 0 saturated heterocycles. The van der Waals surface area contributed by atoms with Gasteiger partial charge in [-0.1, -0.05) is 13.8 Å². The summed E-state index contributed by atoms with van der Waals surface area (Å²) in [7, 11) is 0. The standard InChI is InChI=1S/C12H13N3O4/c1-7(2)4-14-10-8(5-16)3-13-15(10)12(19)9(6-17)11(14)18/h3,5-7,19H,4H2,1-2H3. The molecule has 0 fully saturated rings. The summed E-state index contributed by atoms with van der Waals surface area (Å²) in [6.45, 7) is 4.11. The Morgan fingerprint density at radius 2 is 2.05 bits per heavy atom. The van der Waals surface area contributed by atoms with Crippen molar-refractivity contribution in [2.24, 2.45) is 5.92 Å². The fourth-order valence-corrected chi connectivity index (χ4v) is 1.95. The van der Waals surface area contributed by atoms with E-state index in [0.717, 1.165) is 4.52 Å². The van der Waals surface area contributed by atoms with E-state index in [0.29, 0.717) is 12.8 Å². The third-order valence-electron chi connectivity index (χ3n) is 2.74. The van der Waals surface area contributed by atoms with Crippen LogP contribution in [-0.2, 0) is 6.54 Å². The quantitative estimate of drug-likeness (QED) is 0.810. The highest BCUT2D eigenvalue weighted by molar-refractivity contribution is 5.85. The molecule has 0 radical (unpaired) electrons. The van der Waals surface area contributed by atoms with Crippen LogP contribution in [0.15, 0.2) is 11.0 Å². The van der Waals surface area contributed by atoms with E-state index in [1.807, 2.05) is 13.8 Å². The monoisotopic (exact) mass is 263 g/mol. The molecule has 0 aromatic carbocycles. The highest BCUT2D eigenvalue weighted by Crippen LogP contribution is 2.17. The van der Waals surface area contributed by atoms with E-state index in [1.165, 1.54) is 10.8 Å². The number of aromatic nitrogens is 3. The second-order valence-corrected chi connectivity index (χ2v) is 4.62. The Kier molecular flexibility index (Phi) is 3.20. The number of carbonyl (C=O) groups excluding carboxylic acids is 2. The Bertz CT molecular complexity index is 712. The Morgan fingerprint density at radius 1 is 1.37 bits per heavy atom. The lowest BCUT2D eigenvalue weighted by Crippen LogP contribution is -2.28. The molecule has 0 aliphatic carbocycles. The number of nitrogens with zero attached hydrogens (tertiary/aromatic N) is 3. The molecule has 0 aliphatic heterocycles. The van der Waals surface area contributed by atoms with E-state index < -0.39 is 11.4 Å². The van der Waals surface area contributed by atoms with Crippen LogP contribution in [-0.4, -0.2) is 31.9 Å². The Hall–Kier alpha value is -2.44. The minimum Gasteiger partial charge on any atom is -0.493 e. The first-order valence-corrected chi connectivity index (χ1v) is 5.75. The van der Waals surface area contributed by atoms with Gasteiger partial charge in [0, 0.05) is 6.54 Å². The maximum Gasteiger partial charge on any atom is 0.268 e. The van der Waals surface area contributed by atoms with Gasteiger partial charge in [-0.25, -0.2) is 0 Å². The molecule has 19 heavy (non-hydrogen) atoms. The Balaban J connectivity index is 2.96. The second kappa shape index (κ2) is 4.68. The van der Waals surface area contributed by atoms with E-state index >= 15 is 0 Å². The normalized spacial score (nSPS) is 11.1. The van der Waals surface area contributed by atoms with Crippen molar-refractivity contribution in [3.05, 3.63) is 27.7 Å². The van der Waals surface area contributed by atoms with Crippen molar-refractivity contribution < 1.29 is 14.7 Å². The van der Waals surface area contributed by atoms with Gasteiger partial charge in [0.15, 0.2) is 18.2 Å². The first-order chi connectivity index (χ1) is 9.01. The summed E-state index contributed by atoms with van der Waals surface area (Å²) in [5.74, 6) is -0.428. The van der Waals surface area contributed by atoms with Crippen molar-refractivity contribution in [3.8, 4) is 5.88 Å². The highest BCUT2D eigenvalue weighted by Gasteiger charge is 2.20. The van der Waals surface area contributed by atoms with Gasteiger partial charge in [-0.2, -0.15) is 9.61 Å². The third-order valence-corrected chi connectivity index (χ3v) is 2.74. The van der Waals surface area contributed by atoms with Crippen molar-refractivity contribution >= 4 is 18.2 Å². The van der Waals surface area contributed by atoms with Gasteiger partial charge in [0.2, 0.25) is 5.88 Å². The SMILES string of the molecule is CC(C)Cn1c(=O)c(C=O)c(O)n2ncc(C=O)c12. The van der Waals surface area contributed by atoms with E-state index in [2.05, 4.69) is 5.10 Å². The van der Waals surface area contributed by atoms with Crippen molar-refractivity contribution in [2.45, 2.75) is 20.4 Å². The van der Waals surface area contributed by atoms with Crippen LogP contribution in [0.25, 0.3) is 5.65 Å². The first kappa shape index (κ1) is 13.0. The maximum atomic E-state index is 12.2. The first-order valence-electron chi connectivity index (χ1n) is 5.75. The molecule has 0 saturated carbocycles. The molecule has 0 amide bonds. The molecule has 2 heterocycles. The molecular weight excluding hydrogens is 250 g/mol. The largest absolute Gasteiger partial charge is 0.493 e. The van der Waals surface area contributed by atoms with Crippen LogP contribution in [0.4, 0.5) is 0 Å². The minimum atomic E-state index is -0.627. The number of hydrogen-bond acceptors (Lipinski definition) is 5. The van der Waals surface area contributed by atoms with Crippen molar-refractivity contribution in [1.29, 1.82) is 0 Å². The number of aromatic hydroxyl groups is 1. The number of carbonyl (C=O) groups is 2. The predicted molar refractivity (Wildman–Crippen MR) is 66.7 cm³/mol. The lowest BCUT2D eigenvalue weighted by atomic mass is 10.2. The molecule has 2 aromatic rings. The van der Waals surface area contributed by atoms with Crippen LogP contribution in [0.3, 0.4) is 0 Å². The van der Waals surface area contributed by atoms with E-state index in [1.54, 1.807) is 0 Å². The Labute approximate surface area is 108 Å². The third kappa shape index (κ3) is 1.92. The molecule has 0 bridgehead atoms. The lowest BCUT2D eigenvalue weighted by Gasteiger charge is -2.13. The molecular formula is C12H13N3O4. The highest BCUT2D eigenvalue weighted by atomic mass is 16.3. The van der Waals surface area contributed by atoms with Gasteiger partial charge in [-0.15, -0.1) is 0 Å². The van der Waals surface area contributed by atoms with Gasteiger partial charge >= 0.3 is 0 Å². The average molecular weight is 263 g/mol. The number of aldehydes is 2. The molecule has 0 spiro atoms. The maximum absolute atomic E-state index is 12.2. The average Bonchev–Trinajstić information content (AvgIpc) is 2.78. The second-order valence-electron chi connectivity index (χ2n) is 4.62. The molecule has 2 rings (SSSR count). The van der Waals surface area contributed by atoms with Gasteiger partial charge in [-0.3, -0.25) is 19.0 Å². The van der Waals surface area contributed by atoms with Crippen molar-refractivity contribution in [1.82, 2.24) is 14.2 Å². The van der Waals surface area contributed by atoms with Crippen LogP contribution in [0.1, 0.15) is 34.6 Å². The zero-order valence-corrected chi connectivity index (χ0v) is 10.5. The van der Waals surface area contributed by atoms with Gasteiger partial charge < -0.3 is 5.11 Å². The number of fused-ring (bicyclic) bond motifs is 1. The van der Waals surface area contributed by atoms with Crippen LogP contribution >= 0.6 is 0 Å². The van der Waals surface area contributed by atoms with Gasteiger partial charge in [0.1, 0.15) is 5.56 Å². The van der Waals surface area contributed by atoms with Gasteiger partial charge in [-0.05, 0) is 5.92 Å². The molecule has 7 nitrogen and oxygen atoms in total. The summed E-state index contributed by atoms with van der Waals surface area (Å²) in [4.78, 5) is 34.1. The molecule has 2 aromatic heterocycles.